The number of amides is 1. The van der Waals surface area contributed by atoms with Gasteiger partial charge in [-0.3, -0.25) is 4.79 Å². The van der Waals surface area contributed by atoms with Crippen LogP contribution in [0.5, 0.6) is 0 Å². The molecule has 2 fully saturated rings. The molecule has 0 spiro atoms. The first-order valence-corrected chi connectivity index (χ1v) is 6.93. The summed E-state index contributed by atoms with van der Waals surface area (Å²) in [5.74, 6) is 1.06. The minimum Gasteiger partial charge on any atom is -0.370 e. The standard InChI is InChI=1S/C13H25N3O/c14-9-11-2-1-3-12(11)16-6-4-10(5-7-16)8-13(15)17/h10-12H,1-9,14H2,(H2,15,17). The average Bonchev–Trinajstić information content (AvgIpc) is 2.77. The van der Waals surface area contributed by atoms with Crippen molar-refractivity contribution in [1.29, 1.82) is 0 Å². The molecule has 1 aliphatic heterocycles. The lowest BCUT2D eigenvalue weighted by Gasteiger charge is -2.38. The van der Waals surface area contributed by atoms with Gasteiger partial charge in [0.2, 0.25) is 5.91 Å². The molecule has 4 nitrogen and oxygen atoms in total. The minimum absolute atomic E-state index is 0.149. The average molecular weight is 239 g/mol. The van der Waals surface area contributed by atoms with Gasteiger partial charge < -0.3 is 16.4 Å². The van der Waals surface area contributed by atoms with Crippen molar-refractivity contribution in [3.8, 4) is 0 Å². The van der Waals surface area contributed by atoms with Gasteiger partial charge in [0.05, 0.1) is 0 Å². The monoisotopic (exact) mass is 239 g/mol. The van der Waals surface area contributed by atoms with Crippen molar-refractivity contribution >= 4 is 5.91 Å². The van der Waals surface area contributed by atoms with E-state index < -0.39 is 0 Å². The summed E-state index contributed by atoms with van der Waals surface area (Å²) in [6.07, 6.45) is 6.74. The Hall–Kier alpha value is -0.610. The zero-order valence-corrected chi connectivity index (χ0v) is 10.6. The van der Waals surface area contributed by atoms with Crippen molar-refractivity contribution in [2.24, 2.45) is 23.3 Å². The Balaban J connectivity index is 1.80. The summed E-state index contributed by atoms with van der Waals surface area (Å²) in [5, 5.41) is 0. The molecule has 1 saturated heterocycles. The molecule has 17 heavy (non-hydrogen) atoms. The fraction of sp³-hybridized carbons (Fsp3) is 0.923. The van der Waals surface area contributed by atoms with Gasteiger partial charge in [-0.15, -0.1) is 0 Å². The summed E-state index contributed by atoms with van der Waals surface area (Å²) in [5.41, 5.74) is 11.1. The summed E-state index contributed by atoms with van der Waals surface area (Å²) in [6.45, 7) is 3.07. The second kappa shape index (κ2) is 5.83. The van der Waals surface area contributed by atoms with Crippen LogP contribution in [0.3, 0.4) is 0 Å². The second-order valence-electron chi connectivity index (χ2n) is 5.64. The largest absolute Gasteiger partial charge is 0.370 e. The van der Waals surface area contributed by atoms with Crippen LogP contribution in [-0.2, 0) is 4.79 Å². The number of primary amides is 1. The van der Waals surface area contributed by atoms with Gasteiger partial charge in [0.25, 0.3) is 0 Å². The Morgan fingerprint density at radius 3 is 2.47 bits per heavy atom. The summed E-state index contributed by atoms with van der Waals surface area (Å²) in [4.78, 5) is 13.5. The van der Waals surface area contributed by atoms with E-state index >= 15 is 0 Å². The Morgan fingerprint density at radius 1 is 1.18 bits per heavy atom. The van der Waals surface area contributed by atoms with Crippen molar-refractivity contribution in [2.45, 2.75) is 44.6 Å². The third-order valence-electron chi connectivity index (χ3n) is 4.53. The van der Waals surface area contributed by atoms with E-state index in [1.54, 1.807) is 0 Å². The summed E-state index contributed by atoms with van der Waals surface area (Å²) in [6, 6.07) is 0.703. The molecular formula is C13H25N3O. The molecule has 0 aromatic heterocycles. The van der Waals surface area contributed by atoms with E-state index in [1.165, 1.54) is 19.3 Å². The highest BCUT2D eigenvalue weighted by Gasteiger charge is 2.33. The Bertz CT molecular complexity index is 261. The molecule has 98 valence electrons. The number of likely N-dealkylation sites (tertiary alicyclic amines) is 1. The molecule has 2 aliphatic rings. The van der Waals surface area contributed by atoms with Crippen LogP contribution in [0.2, 0.25) is 0 Å². The van der Waals surface area contributed by atoms with Gasteiger partial charge in [-0.1, -0.05) is 6.42 Å². The summed E-state index contributed by atoms with van der Waals surface area (Å²) in [7, 11) is 0. The van der Waals surface area contributed by atoms with E-state index in [1.807, 2.05) is 0 Å². The molecule has 2 atom stereocenters. The minimum atomic E-state index is -0.149. The number of rotatable bonds is 4. The third kappa shape index (κ3) is 3.19. The van der Waals surface area contributed by atoms with Crippen molar-refractivity contribution in [1.82, 2.24) is 4.90 Å². The Labute approximate surface area is 104 Å². The molecule has 0 radical (unpaired) electrons. The topological polar surface area (TPSA) is 72.3 Å². The molecule has 4 N–H and O–H groups in total. The number of nitrogens with zero attached hydrogens (tertiary/aromatic N) is 1. The Kier molecular flexibility index (Phi) is 4.40. The van der Waals surface area contributed by atoms with Gasteiger partial charge in [0.1, 0.15) is 0 Å². The molecule has 1 heterocycles. The molecule has 4 heteroatoms. The second-order valence-corrected chi connectivity index (χ2v) is 5.64. The van der Waals surface area contributed by atoms with Crippen LogP contribution in [0.1, 0.15) is 38.5 Å². The van der Waals surface area contributed by atoms with Crippen LogP contribution in [0.4, 0.5) is 0 Å². The number of piperidine rings is 1. The van der Waals surface area contributed by atoms with E-state index in [0.717, 1.165) is 32.5 Å². The van der Waals surface area contributed by atoms with Crippen molar-refractivity contribution in [3.05, 3.63) is 0 Å². The molecule has 0 bridgehead atoms. The smallest absolute Gasteiger partial charge is 0.217 e. The zero-order valence-electron chi connectivity index (χ0n) is 10.6. The van der Waals surface area contributed by atoms with Gasteiger partial charge in [-0.2, -0.15) is 0 Å². The van der Waals surface area contributed by atoms with Gasteiger partial charge in [-0.05, 0) is 57.2 Å². The van der Waals surface area contributed by atoms with Crippen LogP contribution in [0.15, 0.2) is 0 Å². The highest BCUT2D eigenvalue weighted by atomic mass is 16.1. The number of carbonyl (C=O) groups excluding carboxylic acids is 1. The molecule has 1 saturated carbocycles. The van der Waals surface area contributed by atoms with Crippen LogP contribution < -0.4 is 11.5 Å². The summed E-state index contributed by atoms with van der Waals surface area (Å²) >= 11 is 0. The Morgan fingerprint density at radius 2 is 1.88 bits per heavy atom. The molecule has 0 aromatic rings. The number of hydrogen-bond donors (Lipinski definition) is 2. The van der Waals surface area contributed by atoms with E-state index in [9.17, 15) is 4.79 Å². The molecular weight excluding hydrogens is 214 g/mol. The number of hydrogen-bond acceptors (Lipinski definition) is 3. The van der Waals surface area contributed by atoms with Crippen LogP contribution in [-0.4, -0.2) is 36.5 Å². The lowest BCUT2D eigenvalue weighted by molar-refractivity contribution is -0.119. The van der Waals surface area contributed by atoms with Crippen LogP contribution in [0, 0.1) is 11.8 Å². The fourth-order valence-electron chi connectivity index (χ4n) is 3.55. The first-order chi connectivity index (χ1) is 8.20. The molecule has 1 amide bonds. The fourth-order valence-corrected chi connectivity index (χ4v) is 3.55. The first-order valence-electron chi connectivity index (χ1n) is 6.93. The normalized spacial score (nSPS) is 31.8. The molecule has 2 rings (SSSR count). The number of carbonyl (C=O) groups is 1. The predicted molar refractivity (Wildman–Crippen MR) is 68.3 cm³/mol. The van der Waals surface area contributed by atoms with Gasteiger partial charge in [0.15, 0.2) is 0 Å². The number of nitrogens with two attached hydrogens (primary N) is 2. The SMILES string of the molecule is NCC1CCCC1N1CCC(CC(N)=O)CC1. The summed E-state index contributed by atoms with van der Waals surface area (Å²) < 4.78 is 0. The highest BCUT2D eigenvalue weighted by Crippen LogP contribution is 2.32. The maximum atomic E-state index is 10.9. The van der Waals surface area contributed by atoms with Crippen LogP contribution in [0.25, 0.3) is 0 Å². The zero-order chi connectivity index (χ0) is 12.3. The lowest BCUT2D eigenvalue weighted by atomic mass is 9.91. The highest BCUT2D eigenvalue weighted by molar-refractivity contribution is 5.73. The van der Waals surface area contributed by atoms with Crippen LogP contribution >= 0.6 is 0 Å². The van der Waals surface area contributed by atoms with Crippen molar-refractivity contribution < 1.29 is 4.79 Å². The van der Waals surface area contributed by atoms with Gasteiger partial charge >= 0.3 is 0 Å². The van der Waals surface area contributed by atoms with E-state index in [-0.39, 0.29) is 5.91 Å². The quantitative estimate of drug-likeness (QED) is 0.758. The molecule has 0 aromatic carbocycles. The molecule has 1 aliphatic carbocycles. The van der Waals surface area contributed by atoms with Crippen molar-refractivity contribution in [2.75, 3.05) is 19.6 Å². The van der Waals surface area contributed by atoms with Gasteiger partial charge in [-0.25, -0.2) is 0 Å². The van der Waals surface area contributed by atoms with E-state index in [0.29, 0.717) is 24.3 Å². The van der Waals surface area contributed by atoms with Gasteiger partial charge in [0, 0.05) is 12.5 Å². The van der Waals surface area contributed by atoms with Crippen molar-refractivity contribution in [3.63, 3.8) is 0 Å². The first kappa shape index (κ1) is 12.8. The third-order valence-corrected chi connectivity index (χ3v) is 4.53. The lowest BCUT2D eigenvalue weighted by Crippen LogP contribution is -2.45. The molecule has 2 unspecified atom stereocenters. The maximum Gasteiger partial charge on any atom is 0.217 e. The van der Waals surface area contributed by atoms with E-state index in [2.05, 4.69) is 4.90 Å². The van der Waals surface area contributed by atoms with E-state index in [4.69, 9.17) is 11.5 Å². The predicted octanol–water partition coefficient (Wildman–Crippen LogP) is 0.701. The maximum absolute atomic E-state index is 10.9.